The lowest BCUT2D eigenvalue weighted by Gasteiger charge is -2.06. The first-order valence-electron chi connectivity index (χ1n) is 7.14. The van der Waals surface area contributed by atoms with Gasteiger partial charge >= 0.3 is 5.97 Å². The number of rotatable bonds is 6. The number of carbonyl (C=O) groups is 1. The van der Waals surface area contributed by atoms with Gasteiger partial charge in [-0.05, 0) is 39.0 Å². The first-order chi connectivity index (χ1) is 8.56. The van der Waals surface area contributed by atoms with Gasteiger partial charge in [0.2, 0.25) is 0 Å². The molecule has 104 valence electrons. The van der Waals surface area contributed by atoms with Crippen molar-refractivity contribution in [3.05, 3.63) is 23.3 Å². The summed E-state index contributed by atoms with van der Waals surface area (Å²) in [6.07, 6.45) is 8.06. The van der Waals surface area contributed by atoms with Gasteiger partial charge in [-0.1, -0.05) is 50.5 Å². The zero-order valence-electron chi connectivity index (χ0n) is 12.5. The van der Waals surface area contributed by atoms with Gasteiger partial charge in [0.25, 0.3) is 0 Å². The molecule has 0 radical (unpaired) electrons. The van der Waals surface area contributed by atoms with Crippen molar-refractivity contribution in [1.82, 2.24) is 0 Å². The van der Waals surface area contributed by atoms with Gasteiger partial charge in [-0.2, -0.15) is 0 Å². The fraction of sp³-hybridized carbons (Fsp3) is 0.688. The molecule has 0 amide bonds. The number of allylic oxidation sites excluding steroid dienone is 3. The topological polar surface area (TPSA) is 37.3 Å². The Hall–Kier alpha value is -1.05. The molecule has 1 N–H and O–H groups in total. The third kappa shape index (κ3) is 6.04. The second-order valence-corrected chi connectivity index (χ2v) is 4.73. The Kier molecular flexibility index (Phi) is 8.43. The summed E-state index contributed by atoms with van der Waals surface area (Å²) in [5.41, 5.74) is 2.67. The van der Waals surface area contributed by atoms with Crippen LogP contribution in [0.5, 0.6) is 0 Å². The normalized spacial score (nSPS) is 17.8. The molecule has 18 heavy (non-hydrogen) atoms. The Morgan fingerprint density at radius 2 is 1.89 bits per heavy atom. The van der Waals surface area contributed by atoms with Gasteiger partial charge in [-0.15, -0.1) is 0 Å². The summed E-state index contributed by atoms with van der Waals surface area (Å²) < 4.78 is 0. The Morgan fingerprint density at radius 1 is 1.33 bits per heavy atom. The van der Waals surface area contributed by atoms with Gasteiger partial charge < -0.3 is 5.11 Å². The van der Waals surface area contributed by atoms with Gasteiger partial charge in [0.05, 0.1) is 5.92 Å². The highest BCUT2D eigenvalue weighted by Crippen LogP contribution is 2.37. The van der Waals surface area contributed by atoms with Crippen LogP contribution in [0.2, 0.25) is 0 Å². The monoisotopic (exact) mass is 252 g/mol. The molecular weight excluding hydrogens is 224 g/mol. The van der Waals surface area contributed by atoms with Crippen molar-refractivity contribution in [2.45, 2.75) is 60.3 Å². The standard InChI is InChI=1S/C14H22O2.C2H6/c1-4-5-13(14(15)16)7-6-10(2)11(3)12-8-9-12;1-2/h6-7,12-13H,4-5,8-9H2,1-3H3,(H,15,16);1-2H3/b7-6-,11-10+;. The van der Waals surface area contributed by atoms with Crippen LogP contribution in [0, 0.1) is 11.8 Å². The molecule has 1 unspecified atom stereocenters. The van der Waals surface area contributed by atoms with Crippen LogP contribution in [0.15, 0.2) is 23.3 Å². The lowest BCUT2D eigenvalue weighted by atomic mass is 10.0. The molecule has 0 heterocycles. The molecule has 0 aromatic rings. The Bertz CT molecular complexity index is 309. The van der Waals surface area contributed by atoms with E-state index in [2.05, 4.69) is 13.8 Å². The van der Waals surface area contributed by atoms with Crippen LogP contribution in [-0.2, 0) is 4.79 Å². The zero-order valence-corrected chi connectivity index (χ0v) is 12.5. The predicted octanol–water partition coefficient (Wildman–Crippen LogP) is 4.82. The lowest BCUT2D eigenvalue weighted by molar-refractivity contribution is -0.140. The Balaban J connectivity index is 0.00000137. The minimum Gasteiger partial charge on any atom is -0.481 e. The molecule has 1 aliphatic carbocycles. The molecule has 1 atom stereocenters. The van der Waals surface area contributed by atoms with Crippen molar-refractivity contribution in [2.75, 3.05) is 0 Å². The van der Waals surface area contributed by atoms with E-state index in [0.717, 1.165) is 18.8 Å². The van der Waals surface area contributed by atoms with E-state index in [9.17, 15) is 4.79 Å². The van der Waals surface area contributed by atoms with Crippen molar-refractivity contribution < 1.29 is 9.90 Å². The summed E-state index contributed by atoms with van der Waals surface area (Å²) in [6, 6.07) is 0. The molecule has 0 aromatic heterocycles. The van der Waals surface area contributed by atoms with E-state index in [0.29, 0.717) is 0 Å². The molecule has 0 aliphatic heterocycles. The zero-order chi connectivity index (χ0) is 14.1. The number of aliphatic carboxylic acids is 1. The summed E-state index contributed by atoms with van der Waals surface area (Å²) in [4.78, 5) is 11.0. The SMILES string of the molecule is CC.CCCC(/C=C\C(C)=C(/C)C1CC1)C(=O)O. The molecule has 1 aliphatic rings. The largest absolute Gasteiger partial charge is 0.481 e. The van der Waals surface area contributed by atoms with Crippen molar-refractivity contribution in [3.63, 3.8) is 0 Å². The maximum absolute atomic E-state index is 11.0. The van der Waals surface area contributed by atoms with E-state index in [1.807, 2.05) is 32.9 Å². The van der Waals surface area contributed by atoms with Crippen LogP contribution in [0.25, 0.3) is 0 Å². The van der Waals surface area contributed by atoms with Crippen LogP contribution in [0.1, 0.15) is 60.3 Å². The molecule has 2 nitrogen and oxygen atoms in total. The van der Waals surface area contributed by atoms with Gasteiger partial charge in [-0.25, -0.2) is 0 Å². The Labute approximate surface area is 112 Å². The van der Waals surface area contributed by atoms with Crippen LogP contribution in [-0.4, -0.2) is 11.1 Å². The van der Waals surface area contributed by atoms with Crippen LogP contribution >= 0.6 is 0 Å². The van der Waals surface area contributed by atoms with Crippen molar-refractivity contribution in [1.29, 1.82) is 0 Å². The molecule has 0 spiro atoms. The first kappa shape index (κ1) is 16.9. The smallest absolute Gasteiger partial charge is 0.310 e. The average Bonchev–Trinajstić information content (AvgIpc) is 3.19. The van der Waals surface area contributed by atoms with Crippen LogP contribution in [0.3, 0.4) is 0 Å². The molecule has 1 rings (SSSR count). The molecule has 2 heteroatoms. The van der Waals surface area contributed by atoms with Gasteiger partial charge in [0, 0.05) is 0 Å². The fourth-order valence-corrected chi connectivity index (χ4v) is 1.84. The van der Waals surface area contributed by atoms with Gasteiger partial charge in [0.15, 0.2) is 0 Å². The second kappa shape index (κ2) is 8.96. The first-order valence-corrected chi connectivity index (χ1v) is 7.14. The van der Waals surface area contributed by atoms with E-state index >= 15 is 0 Å². The highest BCUT2D eigenvalue weighted by molar-refractivity contribution is 5.72. The summed E-state index contributed by atoms with van der Waals surface area (Å²) in [6.45, 7) is 10.3. The predicted molar refractivity (Wildman–Crippen MR) is 77.6 cm³/mol. The number of carboxylic acids is 1. The van der Waals surface area contributed by atoms with Crippen molar-refractivity contribution in [2.24, 2.45) is 11.8 Å². The number of hydrogen-bond donors (Lipinski definition) is 1. The maximum Gasteiger partial charge on any atom is 0.310 e. The summed E-state index contributed by atoms with van der Waals surface area (Å²) in [7, 11) is 0. The molecule has 1 fully saturated rings. The minimum absolute atomic E-state index is 0.327. The average molecular weight is 252 g/mol. The second-order valence-electron chi connectivity index (χ2n) is 4.73. The van der Waals surface area contributed by atoms with E-state index in [1.165, 1.54) is 24.0 Å². The summed E-state index contributed by atoms with van der Waals surface area (Å²) in [5, 5.41) is 9.01. The fourth-order valence-electron chi connectivity index (χ4n) is 1.84. The van der Waals surface area contributed by atoms with Crippen LogP contribution in [0.4, 0.5) is 0 Å². The summed E-state index contributed by atoms with van der Waals surface area (Å²) in [5.74, 6) is -0.277. The molecule has 0 bridgehead atoms. The van der Waals surface area contributed by atoms with E-state index in [-0.39, 0.29) is 5.92 Å². The molecular formula is C16H28O2. The van der Waals surface area contributed by atoms with Gasteiger partial charge in [0.1, 0.15) is 0 Å². The number of hydrogen-bond acceptors (Lipinski definition) is 1. The van der Waals surface area contributed by atoms with Crippen molar-refractivity contribution >= 4 is 5.97 Å². The quantitative estimate of drug-likeness (QED) is 0.688. The summed E-state index contributed by atoms with van der Waals surface area (Å²) >= 11 is 0. The molecule has 0 aromatic carbocycles. The molecule has 0 saturated heterocycles. The lowest BCUT2D eigenvalue weighted by Crippen LogP contribution is -2.10. The van der Waals surface area contributed by atoms with E-state index < -0.39 is 5.97 Å². The third-order valence-corrected chi connectivity index (χ3v) is 3.31. The van der Waals surface area contributed by atoms with Gasteiger partial charge in [-0.3, -0.25) is 4.79 Å². The third-order valence-electron chi connectivity index (χ3n) is 3.31. The number of carboxylic acid groups (broad SMARTS) is 1. The van der Waals surface area contributed by atoms with Crippen LogP contribution < -0.4 is 0 Å². The highest BCUT2D eigenvalue weighted by atomic mass is 16.4. The van der Waals surface area contributed by atoms with E-state index in [4.69, 9.17) is 5.11 Å². The molecule has 1 saturated carbocycles. The highest BCUT2D eigenvalue weighted by Gasteiger charge is 2.23. The van der Waals surface area contributed by atoms with E-state index in [1.54, 1.807) is 0 Å². The minimum atomic E-state index is -0.713. The van der Waals surface area contributed by atoms with Crippen molar-refractivity contribution in [3.8, 4) is 0 Å². The Morgan fingerprint density at radius 3 is 2.28 bits per heavy atom. The maximum atomic E-state index is 11.0.